The summed E-state index contributed by atoms with van der Waals surface area (Å²) in [5.41, 5.74) is 0.316. The molecule has 0 N–H and O–H groups in total. The van der Waals surface area contributed by atoms with E-state index in [9.17, 15) is 14.4 Å². The number of amides is 1. The van der Waals surface area contributed by atoms with Crippen molar-refractivity contribution in [2.75, 3.05) is 13.7 Å². The topological polar surface area (TPSA) is 82.1 Å². The van der Waals surface area contributed by atoms with Gasteiger partial charge in [0.2, 0.25) is 0 Å². The number of hydrogen-bond donors (Lipinski definition) is 0. The van der Waals surface area contributed by atoms with Crippen molar-refractivity contribution in [1.82, 2.24) is 4.90 Å². The predicted molar refractivity (Wildman–Crippen MR) is 106 cm³/mol. The normalized spacial score (nSPS) is 19.2. The molecule has 0 unspecified atom stereocenters. The van der Waals surface area contributed by atoms with E-state index in [0.717, 1.165) is 10.0 Å². The van der Waals surface area contributed by atoms with Gasteiger partial charge in [0, 0.05) is 17.3 Å². The van der Waals surface area contributed by atoms with Gasteiger partial charge in [-0.1, -0.05) is 28.1 Å². The van der Waals surface area contributed by atoms with Crippen LogP contribution in [0.25, 0.3) is 0 Å². The molecule has 1 saturated heterocycles. The maximum Gasteiger partial charge on any atom is 0.411 e. The van der Waals surface area contributed by atoms with Crippen LogP contribution in [0.1, 0.15) is 39.2 Å². The SMILES string of the molecule is COC(=O)[C@@H]1C[C@@H](OC(=O)CCc2cccc(Br)c2)CN1C(=O)OC(C)(C)C. The fourth-order valence-corrected chi connectivity index (χ4v) is 3.39. The summed E-state index contributed by atoms with van der Waals surface area (Å²) in [7, 11) is 1.26. The number of carbonyl (C=O) groups excluding carboxylic acids is 3. The lowest BCUT2D eigenvalue weighted by atomic mass is 10.1. The molecule has 2 atom stereocenters. The first-order valence-electron chi connectivity index (χ1n) is 9.10. The van der Waals surface area contributed by atoms with Crippen molar-refractivity contribution in [3.63, 3.8) is 0 Å². The van der Waals surface area contributed by atoms with E-state index in [1.165, 1.54) is 12.0 Å². The zero-order valence-electron chi connectivity index (χ0n) is 16.6. The number of ether oxygens (including phenoxy) is 3. The minimum atomic E-state index is -0.831. The fraction of sp³-hybridized carbons (Fsp3) is 0.550. The molecule has 0 saturated carbocycles. The van der Waals surface area contributed by atoms with Crippen LogP contribution in [0.15, 0.2) is 28.7 Å². The van der Waals surface area contributed by atoms with Gasteiger partial charge in [-0.25, -0.2) is 9.59 Å². The van der Waals surface area contributed by atoms with Crippen molar-refractivity contribution in [3.05, 3.63) is 34.3 Å². The molecule has 0 bridgehead atoms. The highest BCUT2D eigenvalue weighted by Gasteiger charge is 2.43. The summed E-state index contributed by atoms with van der Waals surface area (Å²) in [5, 5.41) is 0. The van der Waals surface area contributed by atoms with Gasteiger partial charge in [0.25, 0.3) is 0 Å². The van der Waals surface area contributed by atoms with Gasteiger partial charge in [0.1, 0.15) is 17.7 Å². The van der Waals surface area contributed by atoms with Crippen LogP contribution in [-0.4, -0.2) is 54.3 Å². The van der Waals surface area contributed by atoms with Crippen molar-refractivity contribution < 1.29 is 28.6 Å². The maximum atomic E-state index is 12.4. The van der Waals surface area contributed by atoms with E-state index in [4.69, 9.17) is 14.2 Å². The Morgan fingerprint density at radius 3 is 2.57 bits per heavy atom. The van der Waals surface area contributed by atoms with Crippen molar-refractivity contribution in [2.45, 2.75) is 57.8 Å². The Hall–Kier alpha value is -2.09. The van der Waals surface area contributed by atoms with Crippen molar-refractivity contribution in [3.8, 4) is 0 Å². The Bertz CT molecular complexity index is 730. The first-order chi connectivity index (χ1) is 13.1. The number of hydrogen-bond acceptors (Lipinski definition) is 6. The minimum absolute atomic E-state index is 0.0945. The lowest BCUT2D eigenvalue weighted by molar-refractivity contribution is -0.149. The van der Waals surface area contributed by atoms with E-state index in [-0.39, 0.29) is 25.4 Å². The van der Waals surface area contributed by atoms with Crippen LogP contribution >= 0.6 is 15.9 Å². The second-order valence-electron chi connectivity index (χ2n) is 7.65. The third-order valence-corrected chi connectivity index (χ3v) is 4.66. The smallest absolute Gasteiger partial charge is 0.411 e. The highest BCUT2D eigenvalue weighted by molar-refractivity contribution is 9.10. The number of esters is 2. The number of rotatable bonds is 5. The molecule has 0 spiro atoms. The zero-order chi connectivity index (χ0) is 20.9. The quantitative estimate of drug-likeness (QED) is 0.499. The lowest BCUT2D eigenvalue weighted by Gasteiger charge is -2.27. The molecular weight excluding hydrogens is 430 g/mol. The van der Waals surface area contributed by atoms with Crippen LogP contribution in [0, 0.1) is 0 Å². The average Bonchev–Trinajstić information content (AvgIpc) is 3.02. The van der Waals surface area contributed by atoms with Gasteiger partial charge in [-0.15, -0.1) is 0 Å². The summed E-state index contributed by atoms with van der Waals surface area (Å²) in [6, 6.07) is 6.87. The molecule has 0 aliphatic carbocycles. The Labute approximate surface area is 173 Å². The van der Waals surface area contributed by atoms with Crippen LogP contribution in [0.3, 0.4) is 0 Å². The van der Waals surface area contributed by atoms with Gasteiger partial charge >= 0.3 is 18.0 Å². The maximum absolute atomic E-state index is 12.4. The minimum Gasteiger partial charge on any atom is -0.467 e. The molecule has 1 aliphatic heterocycles. The largest absolute Gasteiger partial charge is 0.467 e. The van der Waals surface area contributed by atoms with E-state index >= 15 is 0 Å². The summed E-state index contributed by atoms with van der Waals surface area (Å²) < 4.78 is 16.6. The highest BCUT2D eigenvalue weighted by Crippen LogP contribution is 2.25. The molecule has 1 aliphatic rings. The van der Waals surface area contributed by atoms with Crippen LogP contribution in [0.5, 0.6) is 0 Å². The predicted octanol–water partition coefficient (Wildman–Crippen LogP) is 3.48. The molecule has 0 aromatic heterocycles. The van der Waals surface area contributed by atoms with Crippen LogP contribution in [0.2, 0.25) is 0 Å². The first-order valence-corrected chi connectivity index (χ1v) is 9.89. The summed E-state index contributed by atoms with van der Waals surface area (Å²) in [6.45, 7) is 5.33. The summed E-state index contributed by atoms with van der Waals surface area (Å²) in [6.07, 6.45) is -0.264. The number of benzene rings is 1. The van der Waals surface area contributed by atoms with Crippen molar-refractivity contribution in [1.29, 1.82) is 0 Å². The molecule has 1 fully saturated rings. The molecule has 1 amide bonds. The second kappa shape index (κ2) is 9.41. The van der Waals surface area contributed by atoms with E-state index in [1.807, 2.05) is 24.3 Å². The van der Waals surface area contributed by atoms with Gasteiger partial charge in [-0.2, -0.15) is 0 Å². The first kappa shape index (κ1) is 22.2. The van der Waals surface area contributed by atoms with Crippen LogP contribution < -0.4 is 0 Å². The van der Waals surface area contributed by atoms with E-state index in [0.29, 0.717) is 6.42 Å². The number of aryl methyl sites for hydroxylation is 1. The molecule has 7 nitrogen and oxygen atoms in total. The Balaban J connectivity index is 1.95. The highest BCUT2D eigenvalue weighted by atomic mass is 79.9. The fourth-order valence-electron chi connectivity index (χ4n) is 2.95. The van der Waals surface area contributed by atoms with Gasteiger partial charge in [0.15, 0.2) is 0 Å². The molecule has 8 heteroatoms. The van der Waals surface area contributed by atoms with Gasteiger partial charge < -0.3 is 14.2 Å². The Morgan fingerprint density at radius 1 is 1.25 bits per heavy atom. The lowest BCUT2D eigenvalue weighted by Crippen LogP contribution is -2.44. The van der Waals surface area contributed by atoms with Crippen LogP contribution in [-0.2, 0) is 30.2 Å². The second-order valence-corrected chi connectivity index (χ2v) is 8.56. The molecule has 0 radical (unpaired) electrons. The summed E-state index contributed by atoms with van der Waals surface area (Å²) >= 11 is 3.40. The molecule has 154 valence electrons. The summed E-state index contributed by atoms with van der Waals surface area (Å²) in [4.78, 5) is 38.0. The average molecular weight is 456 g/mol. The van der Waals surface area contributed by atoms with Crippen molar-refractivity contribution in [2.24, 2.45) is 0 Å². The van der Waals surface area contributed by atoms with Crippen molar-refractivity contribution >= 4 is 34.0 Å². The molecule has 1 heterocycles. The van der Waals surface area contributed by atoms with Gasteiger partial charge in [0.05, 0.1) is 13.7 Å². The monoisotopic (exact) mass is 455 g/mol. The van der Waals surface area contributed by atoms with Gasteiger partial charge in [-0.05, 0) is 44.9 Å². The standard InChI is InChI=1S/C20H26BrNO6/c1-20(2,3)28-19(25)22-12-15(11-16(22)18(24)26-4)27-17(23)9-8-13-6-5-7-14(21)10-13/h5-7,10,15-16H,8-9,11-12H2,1-4H3/t15-,16+/m1/s1. The Morgan fingerprint density at radius 2 is 1.96 bits per heavy atom. The van der Waals surface area contributed by atoms with E-state index in [2.05, 4.69) is 15.9 Å². The molecule has 2 rings (SSSR count). The van der Waals surface area contributed by atoms with E-state index in [1.54, 1.807) is 20.8 Å². The van der Waals surface area contributed by atoms with Crippen LogP contribution in [0.4, 0.5) is 4.79 Å². The Kier molecular flexibility index (Phi) is 7.46. The van der Waals surface area contributed by atoms with E-state index < -0.39 is 29.8 Å². The number of carbonyl (C=O) groups is 3. The summed E-state index contributed by atoms with van der Waals surface area (Å²) in [5.74, 6) is -0.932. The molecule has 1 aromatic rings. The molecular formula is C20H26BrNO6. The number of halogens is 1. The number of methoxy groups -OCH3 is 1. The third-order valence-electron chi connectivity index (χ3n) is 4.17. The zero-order valence-corrected chi connectivity index (χ0v) is 18.2. The molecule has 28 heavy (non-hydrogen) atoms. The number of likely N-dealkylation sites (tertiary alicyclic amines) is 1. The molecule has 1 aromatic carbocycles. The number of nitrogens with zero attached hydrogens (tertiary/aromatic N) is 1. The van der Waals surface area contributed by atoms with Gasteiger partial charge in [-0.3, -0.25) is 9.69 Å². The third kappa shape index (κ3) is 6.51.